The van der Waals surface area contributed by atoms with Crippen molar-refractivity contribution in [2.24, 2.45) is 0 Å². The summed E-state index contributed by atoms with van der Waals surface area (Å²) in [6.07, 6.45) is 5.05. The molecule has 0 radical (unpaired) electrons. The molecule has 1 aromatic carbocycles. The fraction of sp³-hybridized carbons (Fsp3) is 0.462. The summed E-state index contributed by atoms with van der Waals surface area (Å²) in [5.74, 6) is 0. The van der Waals surface area contributed by atoms with Crippen molar-refractivity contribution < 1.29 is 4.79 Å². The fourth-order valence-corrected chi connectivity index (χ4v) is 2.95. The molecule has 0 N–H and O–H groups in total. The highest BCUT2D eigenvalue weighted by Crippen LogP contribution is 2.41. The van der Waals surface area contributed by atoms with Gasteiger partial charge in [0.1, 0.15) is 0 Å². The van der Waals surface area contributed by atoms with E-state index in [1.165, 1.54) is 6.42 Å². The molecule has 0 spiro atoms. The summed E-state index contributed by atoms with van der Waals surface area (Å²) >= 11 is 11.7. The average molecular weight is 257 g/mol. The van der Waals surface area contributed by atoms with Crippen molar-refractivity contribution in [3.8, 4) is 0 Å². The minimum Gasteiger partial charge on any atom is -0.280 e. The van der Waals surface area contributed by atoms with E-state index in [-0.39, 0.29) is 5.24 Å². The Morgan fingerprint density at radius 3 is 2.12 bits per heavy atom. The minimum atomic E-state index is -0.468. The molecule has 0 atom stereocenters. The largest absolute Gasteiger partial charge is 0.280 e. The maximum Gasteiger partial charge on any atom is 0.232 e. The van der Waals surface area contributed by atoms with Crippen LogP contribution in [0.25, 0.3) is 0 Å². The van der Waals surface area contributed by atoms with Crippen molar-refractivity contribution in [2.45, 2.75) is 37.5 Å². The molecule has 1 saturated carbocycles. The van der Waals surface area contributed by atoms with Gasteiger partial charge in [-0.25, -0.2) is 0 Å². The van der Waals surface area contributed by atoms with Crippen LogP contribution in [0.2, 0.25) is 5.02 Å². The van der Waals surface area contributed by atoms with E-state index in [1.807, 2.05) is 24.3 Å². The molecule has 1 fully saturated rings. The van der Waals surface area contributed by atoms with E-state index in [9.17, 15) is 4.79 Å². The van der Waals surface area contributed by atoms with Crippen molar-refractivity contribution in [1.82, 2.24) is 0 Å². The van der Waals surface area contributed by atoms with Gasteiger partial charge < -0.3 is 0 Å². The van der Waals surface area contributed by atoms with Gasteiger partial charge in [-0.15, -0.1) is 0 Å². The number of carbonyl (C=O) groups is 1. The number of rotatable bonds is 2. The quantitative estimate of drug-likeness (QED) is 0.721. The van der Waals surface area contributed by atoms with Gasteiger partial charge in [-0.1, -0.05) is 43.0 Å². The zero-order valence-electron chi connectivity index (χ0n) is 9.01. The van der Waals surface area contributed by atoms with Crippen molar-refractivity contribution in [3.63, 3.8) is 0 Å². The first-order valence-electron chi connectivity index (χ1n) is 5.61. The molecule has 16 heavy (non-hydrogen) atoms. The van der Waals surface area contributed by atoms with Crippen LogP contribution < -0.4 is 0 Å². The van der Waals surface area contributed by atoms with Crippen LogP contribution >= 0.6 is 23.2 Å². The molecule has 1 aromatic rings. The molecule has 1 aliphatic carbocycles. The summed E-state index contributed by atoms with van der Waals surface area (Å²) in [6, 6.07) is 7.50. The summed E-state index contributed by atoms with van der Waals surface area (Å²) in [5.41, 5.74) is 0.543. The molecule has 0 bridgehead atoms. The van der Waals surface area contributed by atoms with Gasteiger partial charge in [0.05, 0.1) is 5.41 Å². The highest BCUT2D eigenvalue weighted by molar-refractivity contribution is 6.65. The predicted molar refractivity (Wildman–Crippen MR) is 67.1 cm³/mol. The second-order valence-electron chi connectivity index (χ2n) is 4.42. The zero-order valence-corrected chi connectivity index (χ0v) is 10.5. The Morgan fingerprint density at radius 1 is 1.06 bits per heavy atom. The van der Waals surface area contributed by atoms with Gasteiger partial charge in [-0.05, 0) is 42.1 Å². The second kappa shape index (κ2) is 4.77. The van der Waals surface area contributed by atoms with Crippen molar-refractivity contribution in [3.05, 3.63) is 34.9 Å². The van der Waals surface area contributed by atoms with Crippen LogP contribution in [0.4, 0.5) is 0 Å². The van der Waals surface area contributed by atoms with Crippen LogP contribution in [-0.2, 0) is 10.2 Å². The summed E-state index contributed by atoms with van der Waals surface area (Å²) in [7, 11) is 0. The Hall–Kier alpha value is -0.530. The number of benzene rings is 1. The Labute approximate surface area is 106 Å². The van der Waals surface area contributed by atoms with Crippen molar-refractivity contribution in [2.75, 3.05) is 0 Å². The van der Waals surface area contributed by atoms with Gasteiger partial charge in [0, 0.05) is 5.02 Å². The molecule has 0 unspecified atom stereocenters. The zero-order chi connectivity index (χ0) is 11.6. The van der Waals surface area contributed by atoms with Gasteiger partial charge in [-0.2, -0.15) is 0 Å². The van der Waals surface area contributed by atoms with E-state index in [0.717, 1.165) is 31.2 Å². The van der Waals surface area contributed by atoms with Gasteiger partial charge in [0.25, 0.3) is 0 Å². The van der Waals surface area contributed by atoms with E-state index < -0.39 is 5.41 Å². The van der Waals surface area contributed by atoms with Gasteiger partial charge in [0.15, 0.2) is 0 Å². The SMILES string of the molecule is O=C(Cl)C1(c2ccc(Cl)cc2)CCCCC1. The van der Waals surface area contributed by atoms with Crippen LogP contribution in [0.1, 0.15) is 37.7 Å². The Morgan fingerprint density at radius 2 is 1.62 bits per heavy atom. The Bertz CT molecular complexity index is 377. The topological polar surface area (TPSA) is 17.1 Å². The molecule has 3 heteroatoms. The number of hydrogen-bond acceptors (Lipinski definition) is 1. The van der Waals surface area contributed by atoms with Crippen LogP contribution in [0.3, 0.4) is 0 Å². The molecular weight excluding hydrogens is 243 g/mol. The van der Waals surface area contributed by atoms with E-state index in [4.69, 9.17) is 23.2 Å². The molecule has 1 aliphatic rings. The Kier molecular flexibility index (Phi) is 3.56. The molecule has 0 amide bonds. The molecule has 0 heterocycles. The maximum atomic E-state index is 11.7. The first-order valence-corrected chi connectivity index (χ1v) is 6.37. The normalized spacial score (nSPS) is 19.4. The lowest BCUT2D eigenvalue weighted by Gasteiger charge is -2.34. The maximum absolute atomic E-state index is 11.7. The second-order valence-corrected chi connectivity index (χ2v) is 5.20. The predicted octanol–water partition coefficient (Wildman–Crippen LogP) is 4.31. The minimum absolute atomic E-state index is 0.227. The van der Waals surface area contributed by atoms with Crippen LogP contribution in [0, 0.1) is 0 Å². The third kappa shape index (κ3) is 2.11. The third-order valence-corrected chi connectivity index (χ3v) is 4.09. The van der Waals surface area contributed by atoms with E-state index >= 15 is 0 Å². The standard InChI is InChI=1S/C13H14Cl2O/c14-11-6-4-10(5-7-11)13(12(15)16)8-2-1-3-9-13/h4-7H,1-3,8-9H2. The lowest BCUT2D eigenvalue weighted by atomic mass is 9.70. The van der Waals surface area contributed by atoms with Crippen LogP contribution in [0.15, 0.2) is 24.3 Å². The third-order valence-electron chi connectivity index (χ3n) is 3.48. The monoisotopic (exact) mass is 256 g/mol. The average Bonchev–Trinajstić information content (AvgIpc) is 2.30. The highest BCUT2D eigenvalue weighted by atomic mass is 35.5. The fourth-order valence-electron chi connectivity index (χ4n) is 2.52. The molecule has 86 valence electrons. The summed E-state index contributed by atoms with van der Waals surface area (Å²) in [6.45, 7) is 0. The lowest BCUT2D eigenvalue weighted by Crippen LogP contribution is -2.35. The lowest BCUT2D eigenvalue weighted by molar-refractivity contribution is -0.117. The van der Waals surface area contributed by atoms with E-state index in [2.05, 4.69) is 0 Å². The summed E-state index contributed by atoms with van der Waals surface area (Å²) in [4.78, 5) is 11.7. The summed E-state index contributed by atoms with van der Waals surface area (Å²) < 4.78 is 0. The number of hydrogen-bond donors (Lipinski definition) is 0. The molecule has 2 rings (SSSR count). The van der Waals surface area contributed by atoms with E-state index in [1.54, 1.807) is 0 Å². The first kappa shape index (κ1) is 11.9. The molecule has 0 aliphatic heterocycles. The van der Waals surface area contributed by atoms with Gasteiger partial charge >= 0.3 is 0 Å². The number of carbonyl (C=O) groups excluding carboxylic acids is 1. The van der Waals surface area contributed by atoms with Crippen LogP contribution in [0.5, 0.6) is 0 Å². The molecule has 0 aromatic heterocycles. The summed E-state index contributed by atoms with van der Waals surface area (Å²) in [5, 5.41) is 0.464. The van der Waals surface area contributed by atoms with Gasteiger partial charge in [-0.3, -0.25) is 4.79 Å². The number of halogens is 2. The first-order chi connectivity index (χ1) is 7.65. The molecule has 1 nitrogen and oxygen atoms in total. The highest BCUT2D eigenvalue weighted by Gasteiger charge is 2.39. The van der Waals surface area contributed by atoms with Gasteiger partial charge in [0.2, 0.25) is 5.24 Å². The van der Waals surface area contributed by atoms with E-state index in [0.29, 0.717) is 5.02 Å². The Balaban J connectivity index is 2.38. The van der Waals surface area contributed by atoms with Crippen molar-refractivity contribution in [1.29, 1.82) is 0 Å². The smallest absolute Gasteiger partial charge is 0.232 e. The molecular formula is C13H14Cl2O. The van der Waals surface area contributed by atoms with Crippen molar-refractivity contribution >= 4 is 28.4 Å². The van der Waals surface area contributed by atoms with Crippen LogP contribution in [-0.4, -0.2) is 5.24 Å². The molecule has 0 saturated heterocycles.